The van der Waals surface area contributed by atoms with E-state index in [-0.39, 0.29) is 5.82 Å². The van der Waals surface area contributed by atoms with Crippen molar-refractivity contribution in [3.8, 4) is 0 Å². The molecule has 106 valence electrons. The molecule has 0 spiro atoms. The average Bonchev–Trinajstić information content (AvgIpc) is 2.38. The quantitative estimate of drug-likeness (QED) is 0.903. The van der Waals surface area contributed by atoms with Gasteiger partial charge in [0.2, 0.25) is 0 Å². The van der Waals surface area contributed by atoms with Crippen molar-refractivity contribution in [2.75, 3.05) is 26.2 Å². The first kappa shape index (κ1) is 14.5. The fourth-order valence-corrected chi connectivity index (χ4v) is 2.66. The van der Waals surface area contributed by atoms with E-state index in [1.807, 2.05) is 6.07 Å². The van der Waals surface area contributed by atoms with Crippen LogP contribution >= 0.6 is 0 Å². The summed E-state index contributed by atoms with van der Waals surface area (Å²) < 4.78 is 13.1. The highest BCUT2D eigenvalue weighted by Gasteiger charge is 2.16. The summed E-state index contributed by atoms with van der Waals surface area (Å²) in [6, 6.07) is 7.57. The van der Waals surface area contributed by atoms with Crippen LogP contribution in [0.25, 0.3) is 0 Å². The molecule has 1 aromatic rings. The lowest BCUT2D eigenvalue weighted by Gasteiger charge is -2.31. The number of rotatable bonds is 3. The highest BCUT2D eigenvalue weighted by molar-refractivity contribution is 5.16. The third-order valence-corrected chi connectivity index (χ3v) is 3.87. The maximum atomic E-state index is 13.1. The molecule has 2 rings (SSSR count). The topological polar surface area (TPSA) is 15.3 Å². The van der Waals surface area contributed by atoms with Gasteiger partial charge in [-0.05, 0) is 56.5 Å². The molecule has 0 bridgehead atoms. The second kappa shape index (κ2) is 7.01. The summed E-state index contributed by atoms with van der Waals surface area (Å²) in [6.07, 6.45) is 2.13. The van der Waals surface area contributed by atoms with E-state index < -0.39 is 0 Å². The van der Waals surface area contributed by atoms with E-state index in [2.05, 4.69) is 24.1 Å². The minimum atomic E-state index is -0.128. The molecule has 2 atom stereocenters. The summed E-state index contributed by atoms with van der Waals surface area (Å²) in [6.45, 7) is 8.93. The molecular weight excluding hydrogens is 239 g/mol. The van der Waals surface area contributed by atoms with Crippen LogP contribution in [0.4, 0.5) is 4.39 Å². The predicted molar refractivity (Wildman–Crippen MR) is 77.8 cm³/mol. The van der Waals surface area contributed by atoms with Gasteiger partial charge in [0.15, 0.2) is 0 Å². The molecule has 0 amide bonds. The fourth-order valence-electron chi connectivity index (χ4n) is 2.66. The highest BCUT2D eigenvalue weighted by Crippen LogP contribution is 2.10. The Hall–Kier alpha value is -0.930. The smallest absolute Gasteiger partial charge is 0.123 e. The van der Waals surface area contributed by atoms with Gasteiger partial charge in [0.25, 0.3) is 0 Å². The van der Waals surface area contributed by atoms with Gasteiger partial charge in [-0.2, -0.15) is 0 Å². The van der Waals surface area contributed by atoms with Crippen LogP contribution in [0.15, 0.2) is 24.3 Å². The minimum Gasteiger partial charge on any atom is -0.314 e. The molecule has 1 aliphatic rings. The largest absolute Gasteiger partial charge is 0.314 e. The highest BCUT2D eigenvalue weighted by atomic mass is 19.1. The zero-order valence-electron chi connectivity index (χ0n) is 12.0. The van der Waals surface area contributed by atoms with E-state index in [4.69, 9.17) is 0 Å². The lowest BCUT2D eigenvalue weighted by molar-refractivity contribution is 0.204. The second-order valence-corrected chi connectivity index (χ2v) is 5.88. The van der Waals surface area contributed by atoms with E-state index in [0.717, 1.165) is 38.2 Å². The van der Waals surface area contributed by atoms with Gasteiger partial charge in [0, 0.05) is 19.1 Å². The zero-order chi connectivity index (χ0) is 13.7. The van der Waals surface area contributed by atoms with Crippen molar-refractivity contribution in [3.05, 3.63) is 35.6 Å². The van der Waals surface area contributed by atoms with E-state index in [9.17, 15) is 4.39 Å². The van der Waals surface area contributed by atoms with Crippen LogP contribution < -0.4 is 5.32 Å². The van der Waals surface area contributed by atoms with Crippen LogP contribution in [0.2, 0.25) is 0 Å². The van der Waals surface area contributed by atoms with Gasteiger partial charge in [0.1, 0.15) is 5.82 Å². The van der Waals surface area contributed by atoms with Crippen LogP contribution in [-0.4, -0.2) is 37.1 Å². The number of benzene rings is 1. The normalized spacial score (nSPS) is 25.8. The molecule has 0 saturated carbocycles. The second-order valence-electron chi connectivity index (χ2n) is 5.88. The van der Waals surface area contributed by atoms with Crippen molar-refractivity contribution < 1.29 is 4.39 Å². The van der Waals surface area contributed by atoms with Gasteiger partial charge in [-0.3, -0.25) is 0 Å². The molecule has 2 nitrogen and oxygen atoms in total. The van der Waals surface area contributed by atoms with Crippen LogP contribution in [0, 0.1) is 11.7 Å². The molecule has 1 aromatic carbocycles. The summed E-state index contributed by atoms with van der Waals surface area (Å²) in [5.41, 5.74) is 1.10. The van der Waals surface area contributed by atoms with Crippen molar-refractivity contribution in [2.24, 2.45) is 5.92 Å². The summed E-state index contributed by atoms with van der Waals surface area (Å²) in [4.78, 5) is 2.52. The SMILES string of the molecule is CC1CNC(C)CCN(CCc2cccc(F)c2)C1. The Morgan fingerprint density at radius 1 is 1.37 bits per heavy atom. The van der Waals surface area contributed by atoms with Crippen LogP contribution in [0.5, 0.6) is 0 Å². The van der Waals surface area contributed by atoms with Crippen LogP contribution in [-0.2, 0) is 6.42 Å². The Balaban J connectivity index is 1.86. The Kier molecular flexibility index (Phi) is 5.34. The molecule has 1 saturated heterocycles. The summed E-state index contributed by atoms with van der Waals surface area (Å²) >= 11 is 0. The molecule has 1 heterocycles. The maximum Gasteiger partial charge on any atom is 0.123 e. The number of nitrogens with one attached hydrogen (secondary N) is 1. The molecule has 19 heavy (non-hydrogen) atoms. The fraction of sp³-hybridized carbons (Fsp3) is 0.625. The molecular formula is C16H25FN2. The van der Waals surface area contributed by atoms with Gasteiger partial charge >= 0.3 is 0 Å². The van der Waals surface area contributed by atoms with Crippen molar-refractivity contribution >= 4 is 0 Å². The molecule has 1 fully saturated rings. The van der Waals surface area contributed by atoms with E-state index in [1.54, 1.807) is 12.1 Å². The van der Waals surface area contributed by atoms with Crippen LogP contribution in [0.1, 0.15) is 25.8 Å². The molecule has 1 aliphatic heterocycles. The van der Waals surface area contributed by atoms with Crippen molar-refractivity contribution in [3.63, 3.8) is 0 Å². The summed E-state index contributed by atoms with van der Waals surface area (Å²) in [5.74, 6) is 0.548. The monoisotopic (exact) mass is 264 g/mol. The molecule has 3 heteroatoms. The summed E-state index contributed by atoms with van der Waals surface area (Å²) in [7, 11) is 0. The Bertz CT molecular complexity index is 394. The summed E-state index contributed by atoms with van der Waals surface area (Å²) in [5, 5.41) is 3.56. The lowest BCUT2D eigenvalue weighted by Crippen LogP contribution is -2.43. The number of hydrogen-bond acceptors (Lipinski definition) is 2. The van der Waals surface area contributed by atoms with Crippen molar-refractivity contribution in [1.29, 1.82) is 0 Å². The van der Waals surface area contributed by atoms with Crippen molar-refractivity contribution in [1.82, 2.24) is 10.2 Å². The van der Waals surface area contributed by atoms with Gasteiger partial charge in [0.05, 0.1) is 0 Å². The Morgan fingerprint density at radius 3 is 3.00 bits per heavy atom. The van der Waals surface area contributed by atoms with Crippen molar-refractivity contribution in [2.45, 2.75) is 32.7 Å². The molecule has 0 aliphatic carbocycles. The third kappa shape index (κ3) is 4.92. The van der Waals surface area contributed by atoms with E-state index >= 15 is 0 Å². The minimum absolute atomic E-state index is 0.128. The third-order valence-electron chi connectivity index (χ3n) is 3.87. The molecule has 2 unspecified atom stereocenters. The Morgan fingerprint density at radius 2 is 2.21 bits per heavy atom. The first-order valence-corrected chi connectivity index (χ1v) is 7.33. The van der Waals surface area contributed by atoms with E-state index in [1.165, 1.54) is 12.5 Å². The first-order valence-electron chi connectivity index (χ1n) is 7.33. The van der Waals surface area contributed by atoms with Crippen LogP contribution in [0.3, 0.4) is 0 Å². The number of nitrogens with zero attached hydrogens (tertiary/aromatic N) is 1. The standard InChI is InChI=1S/C16H25FN2/c1-13-11-18-14(2)6-8-19(12-13)9-7-15-4-3-5-16(17)10-15/h3-5,10,13-14,18H,6-9,11-12H2,1-2H3. The van der Waals surface area contributed by atoms with Gasteiger partial charge < -0.3 is 10.2 Å². The molecule has 0 aromatic heterocycles. The lowest BCUT2D eigenvalue weighted by atomic mass is 10.1. The predicted octanol–water partition coefficient (Wildman–Crippen LogP) is 2.69. The first-order chi connectivity index (χ1) is 9.13. The Labute approximate surface area is 116 Å². The average molecular weight is 264 g/mol. The number of hydrogen-bond donors (Lipinski definition) is 1. The zero-order valence-corrected chi connectivity index (χ0v) is 12.0. The molecule has 0 radical (unpaired) electrons. The van der Waals surface area contributed by atoms with Gasteiger partial charge in [-0.25, -0.2) is 4.39 Å². The number of halogens is 1. The van der Waals surface area contributed by atoms with Gasteiger partial charge in [-0.1, -0.05) is 19.1 Å². The maximum absolute atomic E-state index is 13.1. The van der Waals surface area contributed by atoms with Gasteiger partial charge in [-0.15, -0.1) is 0 Å². The van der Waals surface area contributed by atoms with E-state index in [0.29, 0.717) is 12.0 Å². The molecule has 1 N–H and O–H groups in total.